The minimum absolute atomic E-state index is 1.05. The van der Waals surface area contributed by atoms with Gasteiger partial charge in [0.2, 0.25) is 0 Å². The van der Waals surface area contributed by atoms with Gasteiger partial charge in [0.15, 0.2) is 0 Å². The Morgan fingerprint density at radius 2 is 0.857 bits per heavy atom. The van der Waals surface area contributed by atoms with E-state index in [-0.39, 0.29) is 0 Å². The molecule has 3 nitrogen and oxygen atoms in total. The molecule has 0 saturated heterocycles. The third-order valence-electron chi connectivity index (χ3n) is 1.31. The first kappa shape index (κ1) is 13.2. The van der Waals surface area contributed by atoms with Crippen molar-refractivity contribution in [2.45, 2.75) is 48.1 Å². The van der Waals surface area contributed by atoms with Gasteiger partial charge in [0, 0.05) is 0 Å². The minimum atomic E-state index is -2.17. The van der Waals surface area contributed by atoms with Crippen molar-refractivity contribution in [3.63, 3.8) is 0 Å². The molecule has 0 aromatic heterocycles. The van der Waals surface area contributed by atoms with Crippen LogP contribution in [0.4, 0.5) is 0 Å². The highest BCUT2D eigenvalue weighted by Gasteiger charge is 2.26. The normalized spacial score (nSPS) is 10.5. The molecule has 0 saturated carbocycles. The van der Waals surface area contributed by atoms with Gasteiger partial charge < -0.3 is 0 Å². The van der Waals surface area contributed by atoms with Gasteiger partial charge in [-0.05, 0) is 65.2 Å². The first-order valence-electron chi connectivity index (χ1n) is 4.84. The van der Waals surface area contributed by atoms with Crippen LogP contribution >= 0.6 is 0 Å². The molecule has 0 bridgehead atoms. The molecule has 0 spiro atoms. The first-order chi connectivity index (χ1) is 6.25. The molecule has 0 aromatic rings. The van der Waals surface area contributed by atoms with E-state index in [1.165, 1.54) is 0 Å². The molecule has 0 rings (SSSR count). The van der Waals surface area contributed by atoms with Crippen LogP contribution in [0.15, 0.2) is 14.0 Å². The van der Waals surface area contributed by atoms with Crippen LogP contribution in [0.5, 0.6) is 0 Å². The molecule has 0 radical (unpaired) electrons. The number of rotatable bonds is 3. The van der Waals surface area contributed by atoms with Gasteiger partial charge in [-0.2, -0.15) is 0 Å². The molecule has 0 heterocycles. The molecule has 0 amide bonds. The zero-order valence-electron chi connectivity index (χ0n) is 10.3. The maximum Gasteiger partial charge on any atom is 0.431 e. The number of hydrogen-bond acceptors (Lipinski definition) is 3. The SMILES string of the molecule is CC(C)=N[Si](C)(N=C(C)C)N=C(C)C. The maximum atomic E-state index is 4.57. The number of hydrogen-bond donors (Lipinski definition) is 0. The average molecular weight is 211 g/mol. The summed E-state index contributed by atoms with van der Waals surface area (Å²) in [5.41, 5.74) is 3.15. The third kappa shape index (κ3) is 5.80. The van der Waals surface area contributed by atoms with Gasteiger partial charge in [-0.15, -0.1) is 0 Å². The smallest absolute Gasteiger partial charge is 0.285 e. The molecule has 0 unspecified atom stereocenters. The van der Waals surface area contributed by atoms with Gasteiger partial charge in [-0.1, -0.05) is 0 Å². The highest BCUT2D eigenvalue weighted by Crippen LogP contribution is 2.10. The molecule has 0 aromatic carbocycles. The van der Waals surface area contributed by atoms with E-state index in [0.717, 1.165) is 17.1 Å². The molecule has 0 aliphatic carbocycles. The summed E-state index contributed by atoms with van der Waals surface area (Å²) in [6.07, 6.45) is 0. The highest BCUT2D eigenvalue weighted by molar-refractivity contribution is 6.76. The summed E-state index contributed by atoms with van der Waals surface area (Å²) >= 11 is 0. The van der Waals surface area contributed by atoms with Gasteiger partial charge >= 0.3 is 8.56 Å². The molecule has 0 N–H and O–H groups in total. The van der Waals surface area contributed by atoms with Crippen LogP contribution in [0, 0.1) is 0 Å². The van der Waals surface area contributed by atoms with Gasteiger partial charge in [-0.3, -0.25) is 14.0 Å². The lowest BCUT2D eigenvalue weighted by molar-refractivity contribution is 1.35. The van der Waals surface area contributed by atoms with Crippen LogP contribution < -0.4 is 0 Å². The Kier molecular flexibility index (Phi) is 4.91. The molecule has 80 valence electrons. The van der Waals surface area contributed by atoms with E-state index in [0.29, 0.717) is 0 Å². The Morgan fingerprint density at radius 3 is 1.00 bits per heavy atom. The van der Waals surface area contributed by atoms with Gasteiger partial charge in [0.25, 0.3) is 0 Å². The molecule has 0 fully saturated rings. The van der Waals surface area contributed by atoms with E-state index in [1.807, 2.05) is 41.5 Å². The predicted molar refractivity (Wildman–Crippen MR) is 68.0 cm³/mol. The summed E-state index contributed by atoms with van der Waals surface area (Å²) in [5.74, 6) is 0. The van der Waals surface area contributed by atoms with Gasteiger partial charge in [0.05, 0.1) is 0 Å². The van der Waals surface area contributed by atoms with Crippen LogP contribution in [0.1, 0.15) is 41.5 Å². The molecule has 0 atom stereocenters. The molecule has 0 aliphatic rings. The number of nitrogens with zero attached hydrogens (tertiary/aromatic N) is 3. The Hall–Kier alpha value is -0.773. The zero-order valence-corrected chi connectivity index (χ0v) is 11.3. The summed E-state index contributed by atoms with van der Waals surface area (Å²) in [7, 11) is -2.17. The largest absolute Gasteiger partial charge is 0.431 e. The van der Waals surface area contributed by atoms with Crippen molar-refractivity contribution in [3.05, 3.63) is 0 Å². The van der Waals surface area contributed by atoms with E-state index < -0.39 is 8.56 Å². The second kappa shape index (κ2) is 5.19. The molecular formula is C10H21N3Si. The van der Waals surface area contributed by atoms with Crippen molar-refractivity contribution in [1.82, 2.24) is 0 Å². The van der Waals surface area contributed by atoms with Crippen molar-refractivity contribution in [2.24, 2.45) is 14.0 Å². The minimum Gasteiger partial charge on any atom is -0.285 e. The molecule has 0 aliphatic heterocycles. The molecule has 14 heavy (non-hydrogen) atoms. The molecular weight excluding hydrogens is 190 g/mol. The lowest BCUT2D eigenvalue weighted by Crippen LogP contribution is -2.27. The quantitative estimate of drug-likeness (QED) is 0.508. The second-order valence-electron chi connectivity index (χ2n) is 4.15. The highest BCUT2D eigenvalue weighted by atomic mass is 28.4. The topological polar surface area (TPSA) is 37.1 Å². The summed E-state index contributed by atoms with van der Waals surface area (Å²) < 4.78 is 13.7. The van der Waals surface area contributed by atoms with Crippen molar-refractivity contribution < 1.29 is 0 Å². The van der Waals surface area contributed by atoms with Crippen molar-refractivity contribution in [3.8, 4) is 0 Å². The van der Waals surface area contributed by atoms with E-state index >= 15 is 0 Å². The van der Waals surface area contributed by atoms with E-state index in [1.54, 1.807) is 0 Å². The van der Waals surface area contributed by atoms with Crippen LogP contribution in [0.25, 0.3) is 0 Å². The Labute approximate surface area is 88.3 Å². The van der Waals surface area contributed by atoms with Crippen molar-refractivity contribution >= 4 is 25.7 Å². The monoisotopic (exact) mass is 211 g/mol. The lowest BCUT2D eigenvalue weighted by Gasteiger charge is -2.13. The Balaban J connectivity index is 5.17. The summed E-state index contributed by atoms with van der Waals surface area (Å²) in [5, 5.41) is 0. The van der Waals surface area contributed by atoms with Crippen LogP contribution in [-0.2, 0) is 0 Å². The summed E-state index contributed by atoms with van der Waals surface area (Å²) in [6.45, 7) is 14.0. The standard InChI is InChI=1S/C10H21N3Si/c1-8(2)11-14(7,12-9(3)4)13-10(5)6/h1-7H3. The van der Waals surface area contributed by atoms with E-state index in [2.05, 4.69) is 20.5 Å². The van der Waals surface area contributed by atoms with Gasteiger partial charge in [-0.25, -0.2) is 0 Å². The fourth-order valence-electron chi connectivity index (χ4n) is 1.35. The predicted octanol–water partition coefficient (Wildman–Crippen LogP) is 3.00. The Morgan fingerprint density at radius 1 is 0.643 bits per heavy atom. The second-order valence-corrected chi connectivity index (χ2v) is 6.76. The zero-order chi connectivity index (χ0) is 11.4. The first-order valence-corrected chi connectivity index (χ1v) is 7.18. The lowest BCUT2D eigenvalue weighted by atomic mass is 10.5. The van der Waals surface area contributed by atoms with E-state index in [4.69, 9.17) is 0 Å². The third-order valence-corrected chi connectivity index (χ3v) is 3.92. The fourth-order valence-corrected chi connectivity index (χ4v) is 4.04. The average Bonchev–Trinajstić information content (AvgIpc) is 1.76. The Bertz CT molecular complexity index is 232. The summed E-state index contributed by atoms with van der Waals surface area (Å²) in [4.78, 5) is 0. The maximum absolute atomic E-state index is 4.57. The van der Waals surface area contributed by atoms with Crippen LogP contribution in [0.2, 0.25) is 6.55 Å². The van der Waals surface area contributed by atoms with Crippen LogP contribution in [0.3, 0.4) is 0 Å². The molecule has 4 heteroatoms. The van der Waals surface area contributed by atoms with Crippen molar-refractivity contribution in [2.75, 3.05) is 0 Å². The fraction of sp³-hybridized carbons (Fsp3) is 0.700. The summed E-state index contributed by atoms with van der Waals surface area (Å²) in [6, 6.07) is 0. The van der Waals surface area contributed by atoms with Crippen molar-refractivity contribution in [1.29, 1.82) is 0 Å². The van der Waals surface area contributed by atoms with E-state index in [9.17, 15) is 0 Å². The van der Waals surface area contributed by atoms with Gasteiger partial charge in [0.1, 0.15) is 0 Å². The van der Waals surface area contributed by atoms with Crippen LogP contribution in [-0.4, -0.2) is 25.7 Å².